The minimum absolute atomic E-state index is 1.32. The molecular weight excluding hydrogens is 216 g/mol. The van der Waals surface area contributed by atoms with Crippen LogP contribution in [0.4, 0.5) is 0 Å². The van der Waals surface area contributed by atoms with Gasteiger partial charge in [-0.15, -0.1) is 0 Å². The summed E-state index contributed by atoms with van der Waals surface area (Å²) in [7, 11) is 0. The molecule has 1 aromatic rings. The predicted octanol–water partition coefficient (Wildman–Crippen LogP) is 6.42. The van der Waals surface area contributed by atoms with E-state index in [0.717, 1.165) is 0 Å². The van der Waals surface area contributed by atoms with Crippen LogP contribution in [0.15, 0.2) is 24.3 Å². The maximum Gasteiger partial charge on any atom is -0.0228 e. The summed E-state index contributed by atoms with van der Waals surface area (Å²) in [5.41, 5.74) is 5.31. The molecule has 0 heterocycles. The van der Waals surface area contributed by atoms with Gasteiger partial charge in [0.05, 0.1) is 0 Å². The highest BCUT2D eigenvalue weighted by molar-refractivity contribution is 5.62. The van der Waals surface area contributed by atoms with Crippen molar-refractivity contribution < 1.29 is 0 Å². The van der Waals surface area contributed by atoms with Crippen LogP contribution < -0.4 is 0 Å². The molecule has 0 radical (unpaired) electrons. The lowest BCUT2D eigenvalue weighted by atomic mass is 9.99. The Morgan fingerprint density at radius 1 is 0.667 bits per heavy atom. The van der Waals surface area contributed by atoms with Crippen molar-refractivity contribution in [3.05, 3.63) is 46.5 Å². The molecule has 0 N–H and O–H groups in total. The molecule has 1 rings (SSSR count). The quantitative estimate of drug-likeness (QED) is 0.564. The molecule has 0 saturated heterocycles. The third kappa shape index (κ3) is 6.44. The zero-order valence-corrected chi connectivity index (χ0v) is 13.5. The summed E-state index contributed by atoms with van der Waals surface area (Å²) in [6.45, 7) is 16.4. The summed E-state index contributed by atoms with van der Waals surface area (Å²) >= 11 is 0. The monoisotopic (exact) mass is 246 g/mol. The molecule has 0 heteroatoms. The van der Waals surface area contributed by atoms with Crippen LogP contribution in [0.5, 0.6) is 0 Å². The van der Waals surface area contributed by atoms with Crippen molar-refractivity contribution in [1.82, 2.24) is 0 Å². The predicted molar refractivity (Wildman–Crippen MR) is 88.0 cm³/mol. The highest BCUT2D eigenvalue weighted by Gasteiger charge is 1.99. The minimum atomic E-state index is 1.32. The average molecular weight is 246 g/mol. The zero-order valence-electron chi connectivity index (χ0n) is 13.5. The van der Waals surface area contributed by atoms with Crippen LogP contribution in [-0.4, -0.2) is 0 Å². The van der Waals surface area contributed by atoms with Gasteiger partial charge in [-0.25, -0.2) is 0 Å². The van der Waals surface area contributed by atoms with Gasteiger partial charge in [-0.1, -0.05) is 64.1 Å². The van der Waals surface area contributed by atoms with Gasteiger partial charge in [0.25, 0.3) is 0 Å². The molecule has 0 aliphatic carbocycles. The van der Waals surface area contributed by atoms with Crippen molar-refractivity contribution in [3.63, 3.8) is 0 Å². The van der Waals surface area contributed by atoms with Crippen LogP contribution in [0.2, 0.25) is 0 Å². The Labute approximate surface area is 114 Å². The number of aryl methyl sites for hydroxylation is 2. The topological polar surface area (TPSA) is 0 Å². The first-order chi connectivity index (χ1) is 8.69. The van der Waals surface area contributed by atoms with E-state index in [1.54, 1.807) is 0 Å². The second-order valence-corrected chi connectivity index (χ2v) is 3.57. The van der Waals surface area contributed by atoms with Crippen LogP contribution in [0.25, 0.3) is 12.2 Å². The molecule has 0 fully saturated rings. The number of hydrogen-bond donors (Lipinski definition) is 0. The molecule has 0 atom stereocenters. The maximum atomic E-state index is 2.24. The molecule has 102 valence electrons. The molecular formula is C18H30. The molecule has 0 spiro atoms. The summed E-state index contributed by atoms with van der Waals surface area (Å²) < 4.78 is 0. The second-order valence-electron chi connectivity index (χ2n) is 3.57. The maximum absolute atomic E-state index is 2.24. The normalized spacial score (nSPS) is 9.78. The van der Waals surface area contributed by atoms with Crippen LogP contribution in [0.1, 0.15) is 63.8 Å². The van der Waals surface area contributed by atoms with Crippen LogP contribution in [-0.2, 0) is 0 Å². The summed E-state index contributed by atoms with van der Waals surface area (Å²) in [4.78, 5) is 0. The van der Waals surface area contributed by atoms with Crippen molar-refractivity contribution in [2.24, 2.45) is 0 Å². The van der Waals surface area contributed by atoms with Crippen LogP contribution in [0.3, 0.4) is 0 Å². The van der Waals surface area contributed by atoms with E-state index in [1.165, 1.54) is 22.3 Å². The first kappa shape index (κ1) is 19.0. The SMILES string of the molecule is C/C=C\c1cc(C)c(/C=C\C)cc1C.CC.CC. The van der Waals surface area contributed by atoms with Gasteiger partial charge in [-0.2, -0.15) is 0 Å². The lowest BCUT2D eigenvalue weighted by Gasteiger charge is -2.06. The molecule has 0 nitrogen and oxygen atoms in total. The van der Waals surface area contributed by atoms with E-state index in [1.807, 2.05) is 27.7 Å². The highest BCUT2D eigenvalue weighted by Crippen LogP contribution is 2.18. The Morgan fingerprint density at radius 2 is 0.944 bits per heavy atom. The van der Waals surface area contributed by atoms with Gasteiger partial charge in [0.1, 0.15) is 0 Å². The van der Waals surface area contributed by atoms with E-state index in [9.17, 15) is 0 Å². The lowest BCUT2D eigenvalue weighted by molar-refractivity contribution is 1.35. The van der Waals surface area contributed by atoms with Gasteiger partial charge in [-0.05, 0) is 49.9 Å². The van der Waals surface area contributed by atoms with E-state index in [-0.39, 0.29) is 0 Å². The molecule has 0 saturated carbocycles. The van der Waals surface area contributed by atoms with E-state index in [2.05, 4.69) is 64.1 Å². The molecule has 0 aliphatic heterocycles. The highest BCUT2D eigenvalue weighted by atomic mass is 14.0. The molecule has 18 heavy (non-hydrogen) atoms. The fourth-order valence-electron chi connectivity index (χ4n) is 1.58. The van der Waals surface area contributed by atoms with Gasteiger partial charge >= 0.3 is 0 Å². The number of rotatable bonds is 2. The number of hydrogen-bond acceptors (Lipinski definition) is 0. The summed E-state index contributed by atoms with van der Waals surface area (Å²) in [5.74, 6) is 0. The van der Waals surface area contributed by atoms with E-state index >= 15 is 0 Å². The van der Waals surface area contributed by atoms with Gasteiger partial charge in [0.2, 0.25) is 0 Å². The number of benzene rings is 1. The first-order valence-electron chi connectivity index (χ1n) is 7.05. The molecule has 0 bridgehead atoms. The third-order valence-electron chi connectivity index (χ3n) is 2.35. The molecule has 1 aromatic carbocycles. The second kappa shape index (κ2) is 12.2. The Kier molecular flexibility index (Phi) is 12.9. The van der Waals surface area contributed by atoms with Crippen LogP contribution in [0, 0.1) is 13.8 Å². The first-order valence-corrected chi connectivity index (χ1v) is 7.05. The fourth-order valence-corrected chi connectivity index (χ4v) is 1.58. The van der Waals surface area contributed by atoms with Crippen molar-refractivity contribution in [3.8, 4) is 0 Å². The molecule has 0 aliphatic rings. The lowest BCUT2D eigenvalue weighted by Crippen LogP contribution is -1.87. The fraction of sp³-hybridized carbons (Fsp3) is 0.444. The molecule has 0 unspecified atom stereocenters. The van der Waals surface area contributed by atoms with Gasteiger partial charge in [-0.3, -0.25) is 0 Å². The van der Waals surface area contributed by atoms with Gasteiger partial charge < -0.3 is 0 Å². The zero-order chi connectivity index (χ0) is 14.6. The molecule has 0 amide bonds. The third-order valence-corrected chi connectivity index (χ3v) is 2.35. The Bertz CT molecular complexity index is 330. The number of allylic oxidation sites excluding steroid dienone is 2. The van der Waals surface area contributed by atoms with Crippen molar-refractivity contribution in [2.45, 2.75) is 55.4 Å². The van der Waals surface area contributed by atoms with E-state index in [4.69, 9.17) is 0 Å². The standard InChI is InChI=1S/C14H18.2C2H6/c1-5-7-13-9-12(4)14(8-6-2)10-11(13)3;2*1-2/h5-10H,1-4H3;2*1-2H3/b7-5-,8-6-;;. The Balaban J connectivity index is 0. The van der Waals surface area contributed by atoms with Gasteiger partial charge in [0, 0.05) is 0 Å². The van der Waals surface area contributed by atoms with Crippen molar-refractivity contribution in [1.29, 1.82) is 0 Å². The van der Waals surface area contributed by atoms with Crippen molar-refractivity contribution >= 4 is 12.2 Å². The summed E-state index contributed by atoms with van der Waals surface area (Å²) in [6, 6.07) is 4.48. The smallest absolute Gasteiger partial charge is 0.0228 e. The van der Waals surface area contributed by atoms with Crippen LogP contribution >= 0.6 is 0 Å². The average Bonchev–Trinajstić information content (AvgIpc) is 2.41. The Morgan fingerprint density at radius 3 is 1.17 bits per heavy atom. The molecule has 0 aromatic heterocycles. The largest absolute Gasteiger partial charge is 0.0871 e. The van der Waals surface area contributed by atoms with Crippen molar-refractivity contribution in [2.75, 3.05) is 0 Å². The van der Waals surface area contributed by atoms with E-state index < -0.39 is 0 Å². The minimum Gasteiger partial charge on any atom is -0.0871 e. The van der Waals surface area contributed by atoms with E-state index in [0.29, 0.717) is 0 Å². The Hall–Kier alpha value is -1.30. The van der Waals surface area contributed by atoms with Gasteiger partial charge in [0.15, 0.2) is 0 Å². The summed E-state index contributed by atoms with van der Waals surface area (Å²) in [6.07, 6.45) is 8.47. The summed E-state index contributed by atoms with van der Waals surface area (Å²) in [5, 5.41) is 0.